The first-order valence-electron chi connectivity index (χ1n) is 7.54. The summed E-state index contributed by atoms with van der Waals surface area (Å²) >= 11 is 15.8. The van der Waals surface area contributed by atoms with E-state index in [1.165, 1.54) is 0 Å². The number of hydrogen-bond acceptors (Lipinski definition) is 5. The highest BCUT2D eigenvalue weighted by molar-refractivity contribution is 7.80. The Kier molecular flexibility index (Phi) is 7.29. The Morgan fingerprint density at radius 3 is 2.04 bits per heavy atom. The number of thiol groups is 1. The topological polar surface area (TPSA) is 44.8 Å². The molecule has 2 aromatic rings. The molecule has 0 radical (unpaired) electrons. The Bertz CT molecular complexity index is 691. The molecule has 0 bridgehead atoms. The van der Waals surface area contributed by atoms with Crippen LogP contribution < -0.4 is 9.47 Å². The van der Waals surface area contributed by atoms with E-state index in [2.05, 4.69) is 12.6 Å². The zero-order valence-corrected chi connectivity index (χ0v) is 16.0. The van der Waals surface area contributed by atoms with Crippen LogP contribution in [0.2, 0.25) is 10.0 Å². The fourth-order valence-electron chi connectivity index (χ4n) is 1.94. The molecule has 4 nitrogen and oxygen atoms in total. The van der Waals surface area contributed by atoms with Crippen molar-refractivity contribution in [3.63, 3.8) is 0 Å². The first-order valence-corrected chi connectivity index (χ1v) is 8.93. The summed E-state index contributed by atoms with van der Waals surface area (Å²) in [4.78, 5) is 12.5. The Morgan fingerprint density at radius 2 is 1.52 bits per heavy atom. The van der Waals surface area contributed by atoms with Gasteiger partial charge in [-0.2, -0.15) is 12.6 Å². The van der Waals surface area contributed by atoms with Crippen LogP contribution in [0.3, 0.4) is 0 Å². The molecule has 1 unspecified atom stereocenters. The molecule has 1 atom stereocenters. The maximum Gasteiger partial charge on any atom is 0.353 e. The molecule has 7 heteroatoms. The van der Waals surface area contributed by atoms with Crippen molar-refractivity contribution >= 4 is 41.8 Å². The number of rotatable bonds is 8. The summed E-state index contributed by atoms with van der Waals surface area (Å²) in [6, 6.07) is 13.5. The Balaban J connectivity index is 2.13. The molecule has 0 aliphatic heterocycles. The normalized spacial score (nSPS) is 13.0. The predicted octanol–water partition coefficient (Wildman–Crippen LogP) is 4.68. The van der Waals surface area contributed by atoms with Gasteiger partial charge in [-0.1, -0.05) is 23.2 Å². The average molecular weight is 401 g/mol. The van der Waals surface area contributed by atoms with Crippen molar-refractivity contribution in [3.8, 4) is 11.5 Å². The summed E-state index contributed by atoms with van der Waals surface area (Å²) in [7, 11) is 0. The largest absolute Gasteiger partial charge is 0.489 e. The van der Waals surface area contributed by atoms with Gasteiger partial charge in [0.2, 0.25) is 5.60 Å². The second kappa shape index (κ2) is 9.22. The van der Waals surface area contributed by atoms with E-state index in [9.17, 15) is 4.79 Å². The van der Waals surface area contributed by atoms with Gasteiger partial charge < -0.3 is 14.2 Å². The van der Waals surface area contributed by atoms with Gasteiger partial charge in [-0.3, -0.25) is 0 Å². The van der Waals surface area contributed by atoms with Gasteiger partial charge >= 0.3 is 5.97 Å². The number of hydrogen-bond donors (Lipinski definition) is 1. The lowest BCUT2D eigenvalue weighted by Crippen LogP contribution is -2.48. The molecule has 0 aromatic heterocycles. The van der Waals surface area contributed by atoms with Crippen LogP contribution in [0.5, 0.6) is 11.5 Å². The summed E-state index contributed by atoms with van der Waals surface area (Å²) in [5.74, 6) is 0.929. The van der Waals surface area contributed by atoms with Crippen LogP contribution in [-0.2, 0) is 9.53 Å². The van der Waals surface area contributed by atoms with Crippen molar-refractivity contribution in [1.29, 1.82) is 0 Å². The van der Waals surface area contributed by atoms with Crippen LogP contribution in [0.25, 0.3) is 0 Å². The second-order valence-corrected chi connectivity index (χ2v) is 6.71. The van der Waals surface area contributed by atoms with E-state index in [0.717, 1.165) is 0 Å². The molecule has 0 spiro atoms. The third kappa shape index (κ3) is 6.03. The lowest BCUT2D eigenvalue weighted by Gasteiger charge is -2.28. The molecular formula is C18H18Cl2O4S. The van der Waals surface area contributed by atoms with Crippen LogP contribution >= 0.6 is 35.8 Å². The van der Waals surface area contributed by atoms with Gasteiger partial charge in [0.15, 0.2) is 0 Å². The maximum atomic E-state index is 12.5. The molecule has 2 rings (SSSR count). The van der Waals surface area contributed by atoms with E-state index in [-0.39, 0.29) is 13.2 Å². The van der Waals surface area contributed by atoms with Crippen molar-refractivity contribution in [2.24, 2.45) is 0 Å². The molecule has 134 valence electrons. The molecule has 0 saturated carbocycles. The maximum absolute atomic E-state index is 12.5. The second-order valence-electron chi connectivity index (χ2n) is 5.39. The lowest BCUT2D eigenvalue weighted by molar-refractivity contribution is -0.162. The van der Waals surface area contributed by atoms with E-state index >= 15 is 0 Å². The summed E-state index contributed by atoms with van der Waals surface area (Å²) < 4.78 is 16.7. The first kappa shape index (κ1) is 19.8. The summed E-state index contributed by atoms with van der Waals surface area (Å²) in [5, 5.41) is 1.17. The minimum atomic E-state index is -1.34. The number of esters is 1. The minimum absolute atomic E-state index is 0.0390. The third-order valence-corrected chi connectivity index (χ3v) is 3.93. The third-order valence-electron chi connectivity index (χ3n) is 3.24. The monoisotopic (exact) mass is 400 g/mol. The molecular weight excluding hydrogens is 383 g/mol. The Hall–Kier alpha value is -1.56. The van der Waals surface area contributed by atoms with E-state index in [1.807, 2.05) is 0 Å². The number of halogens is 2. The van der Waals surface area contributed by atoms with E-state index in [4.69, 9.17) is 37.4 Å². The molecule has 0 aliphatic rings. The van der Waals surface area contributed by atoms with Crippen LogP contribution in [0.4, 0.5) is 0 Å². The molecule has 0 aliphatic carbocycles. The Labute approximate surface area is 162 Å². The van der Waals surface area contributed by atoms with E-state index in [0.29, 0.717) is 27.3 Å². The summed E-state index contributed by atoms with van der Waals surface area (Å²) in [6.45, 7) is 1.75. The van der Waals surface area contributed by atoms with Crippen molar-refractivity contribution in [1.82, 2.24) is 0 Å². The highest BCUT2D eigenvalue weighted by Crippen LogP contribution is 2.24. The van der Waals surface area contributed by atoms with Crippen molar-refractivity contribution in [2.75, 3.05) is 19.0 Å². The molecule has 0 heterocycles. The zero-order valence-electron chi connectivity index (χ0n) is 13.6. The smallest absolute Gasteiger partial charge is 0.353 e. The van der Waals surface area contributed by atoms with Gasteiger partial charge in [-0.15, -0.1) is 0 Å². The molecule has 0 saturated heterocycles. The van der Waals surface area contributed by atoms with Gasteiger partial charge in [0, 0.05) is 15.8 Å². The number of benzene rings is 2. The number of carbonyl (C=O) groups is 1. The quantitative estimate of drug-likeness (QED) is 0.515. The van der Waals surface area contributed by atoms with Crippen molar-refractivity contribution < 1.29 is 19.0 Å². The summed E-state index contributed by atoms with van der Waals surface area (Å²) in [5.41, 5.74) is -1.34. The molecule has 25 heavy (non-hydrogen) atoms. The van der Waals surface area contributed by atoms with Gasteiger partial charge in [0.1, 0.15) is 24.7 Å². The Morgan fingerprint density at radius 1 is 1.00 bits per heavy atom. The van der Waals surface area contributed by atoms with E-state index < -0.39 is 11.6 Å². The molecule has 0 fully saturated rings. The van der Waals surface area contributed by atoms with Gasteiger partial charge in [0.05, 0.1) is 0 Å². The number of carbonyl (C=O) groups excluding carboxylic acids is 1. The summed E-state index contributed by atoms with van der Waals surface area (Å²) in [6.07, 6.45) is 0. The lowest BCUT2D eigenvalue weighted by atomic mass is 10.1. The van der Waals surface area contributed by atoms with Gasteiger partial charge in [-0.05, 0) is 55.5 Å². The molecule has 2 aromatic carbocycles. The fraction of sp³-hybridized carbons (Fsp3) is 0.278. The zero-order chi connectivity index (χ0) is 18.3. The average Bonchev–Trinajstić information content (AvgIpc) is 2.61. The highest BCUT2D eigenvalue weighted by Gasteiger charge is 2.39. The molecule has 0 amide bonds. The van der Waals surface area contributed by atoms with Gasteiger partial charge in [0.25, 0.3) is 0 Å². The van der Waals surface area contributed by atoms with Crippen molar-refractivity contribution in [2.45, 2.75) is 12.5 Å². The standard InChI is InChI=1S/C18H18Cl2O4S/c1-18(17(21)22-10-11-25,24-16-8-4-14(20)5-9-16)12-23-15-6-2-13(19)3-7-15/h2-9,25H,10-12H2,1H3. The van der Waals surface area contributed by atoms with Crippen LogP contribution in [0.15, 0.2) is 48.5 Å². The van der Waals surface area contributed by atoms with Gasteiger partial charge in [-0.25, -0.2) is 4.79 Å². The van der Waals surface area contributed by atoms with Crippen LogP contribution in [-0.4, -0.2) is 30.5 Å². The first-order chi connectivity index (χ1) is 11.9. The highest BCUT2D eigenvalue weighted by atomic mass is 35.5. The van der Waals surface area contributed by atoms with Crippen molar-refractivity contribution in [3.05, 3.63) is 58.6 Å². The number of ether oxygens (including phenoxy) is 3. The van der Waals surface area contributed by atoms with E-state index in [1.54, 1.807) is 55.5 Å². The predicted molar refractivity (Wildman–Crippen MR) is 102 cm³/mol. The van der Waals surface area contributed by atoms with Crippen LogP contribution in [0, 0.1) is 0 Å². The fourth-order valence-corrected chi connectivity index (χ4v) is 2.28. The minimum Gasteiger partial charge on any atom is -0.489 e. The molecule has 0 N–H and O–H groups in total. The van der Waals surface area contributed by atoms with Crippen LogP contribution in [0.1, 0.15) is 6.92 Å². The SMILES string of the molecule is CC(COc1ccc(Cl)cc1)(Oc1ccc(Cl)cc1)C(=O)OCCS.